The standard InChI is InChI=1S/C39H22N9O.Cu/c49-39(40-22-10-2-1-3-11-22)21-18-19-29-30(20-21)38-47-36-28-17-9-8-16-27(28)34(45-36)43-32-24-13-5-4-12-23(24)31(41-32)42-33-25-14-6-7-15-26(25)35(44-33)46-37(29)48-38;/h1-20H,(H2-,40,41,42,43,44,45,46,47,48,49);/q-1;+2/p-1. The average Bonchev–Trinajstić information content (AvgIpc) is 3.87. The maximum atomic E-state index is 13.4. The first-order valence-corrected chi connectivity index (χ1v) is 15.7. The Bertz CT molecular complexity index is 2840. The third kappa shape index (κ3) is 4.75. The van der Waals surface area contributed by atoms with Crippen molar-refractivity contribution >= 4 is 55.7 Å². The first-order valence-electron chi connectivity index (χ1n) is 15.7. The van der Waals surface area contributed by atoms with Gasteiger partial charge in [-0.2, -0.15) is 0 Å². The fraction of sp³-hybridized carbons (Fsp3) is 0. The van der Waals surface area contributed by atoms with Gasteiger partial charge in [0.05, 0.1) is 23.3 Å². The number of fused-ring (bicyclic) bond motifs is 20. The van der Waals surface area contributed by atoms with Crippen LogP contribution < -0.4 is 15.3 Å². The first kappa shape index (κ1) is 29.6. The van der Waals surface area contributed by atoms with Gasteiger partial charge in [0, 0.05) is 56.1 Å². The summed E-state index contributed by atoms with van der Waals surface area (Å²) in [5, 5.41) is 6.27. The van der Waals surface area contributed by atoms with E-state index in [0.717, 1.165) is 38.2 Å². The summed E-state index contributed by atoms with van der Waals surface area (Å²) < 4.78 is 0. The molecular weight excluding hydrogens is 674 g/mol. The molecule has 5 aromatic carbocycles. The Kier molecular flexibility index (Phi) is 6.83. The first-order chi connectivity index (χ1) is 24.2. The number of hydrogen-bond acceptors (Lipinski definition) is 7. The van der Waals surface area contributed by atoms with E-state index in [1.54, 1.807) is 12.1 Å². The fourth-order valence-corrected chi connectivity index (χ4v) is 6.38. The largest absolute Gasteiger partial charge is 2.00 e. The molecule has 1 N–H and O–H groups in total. The Labute approximate surface area is 294 Å². The molecule has 239 valence electrons. The van der Waals surface area contributed by atoms with Crippen LogP contribution >= 0.6 is 0 Å². The topological polar surface area (TPSA) is 135 Å². The van der Waals surface area contributed by atoms with Crippen LogP contribution in [0, 0.1) is 0 Å². The van der Waals surface area contributed by atoms with Crippen molar-refractivity contribution in [3.63, 3.8) is 0 Å². The molecule has 2 aliphatic rings. The second-order valence-electron chi connectivity index (χ2n) is 11.7. The molecule has 0 saturated carbocycles. The van der Waals surface area contributed by atoms with E-state index < -0.39 is 0 Å². The van der Waals surface area contributed by atoms with E-state index in [0.29, 0.717) is 62.7 Å². The number of para-hydroxylation sites is 1. The van der Waals surface area contributed by atoms with E-state index in [2.05, 4.69) is 5.32 Å². The molecule has 0 fully saturated rings. The summed E-state index contributed by atoms with van der Waals surface area (Å²) in [4.78, 5) is 52.9. The molecule has 1 radical (unpaired) electrons. The van der Waals surface area contributed by atoms with Crippen molar-refractivity contribution in [2.75, 3.05) is 5.32 Å². The van der Waals surface area contributed by atoms with Crippen LogP contribution in [0.3, 0.4) is 0 Å². The molecular formula is C39H21CuN9O. The molecule has 1 amide bonds. The van der Waals surface area contributed by atoms with Crippen molar-refractivity contribution in [1.82, 2.24) is 39.9 Å². The molecule has 3 aromatic heterocycles. The molecule has 0 aliphatic carbocycles. The Morgan fingerprint density at radius 3 is 1.32 bits per heavy atom. The van der Waals surface area contributed by atoms with Crippen LogP contribution in [0.4, 0.5) is 5.69 Å². The van der Waals surface area contributed by atoms with Crippen molar-refractivity contribution < 1.29 is 21.9 Å². The number of anilines is 1. The van der Waals surface area contributed by atoms with E-state index in [1.807, 2.05) is 109 Å². The van der Waals surface area contributed by atoms with E-state index in [-0.39, 0.29) is 23.0 Å². The zero-order valence-corrected chi connectivity index (χ0v) is 26.8. The normalized spacial score (nSPS) is 11.5. The minimum atomic E-state index is -0.251. The Morgan fingerprint density at radius 2 is 0.840 bits per heavy atom. The van der Waals surface area contributed by atoms with E-state index in [1.165, 1.54) is 0 Å². The molecule has 0 saturated heterocycles. The third-order valence-corrected chi connectivity index (χ3v) is 8.72. The van der Waals surface area contributed by atoms with Crippen LogP contribution in [0.2, 0.25) is 0 Å². The van der Waals surface area contributed by atoms with Gasteiger partial charge in [-0.1, -0.05) is 97.1 Å². The van der Waals surface area contributed by atoms with Gasteiger partial charge in [0.2, 0.25) is 0 Å². The number of amides is 1. The molecule has 10 rings (SSSR count). The van der Waals surface area contributed by atoms with Crippen LogP contribution in [-0.2, 0) is 17.1 Å². The van der Waals surface area contributed by atoms with Gasteiger partial charge >= 0.3 is 17.1 Å². The number of aromatic nitrogens is 8. The number of carbonyl (C=O) groups is 1. The Morgan fingerprint density at radius 1 is 0.440 bits per heavy atom. The van der Waals surface area contributed by atoms with Gasteiger partial charge in [-0.3, -0.25) is 4.79 Å². The Hall–Kier alpha value is -6.55. The average molecular weight is 695 g/mol. The van der Waals surface area contributed by atoms with Gasteiger partial charge in [0.25, 0.3) is 5.91 Å². The second kappa shape index (κ2) is 11.6. The molecule has 5 heterocycles. The van der Waals surface area contributed by atoms with Crippen LogP contribution in [0.25, 0.3) is 89.7 Å². The van der Waals surface area contributed by atoms with Crippen molar-refractivity contribution in [2.45, 2.75) is 0 Å². The van der Waals surface area contributed by atoms with Crippen molar-refractivity contribution in [3.8, 4) is 45.6 Å². The van der Waals surface area contributed by atoms with Gasteiger partial charge in [0.1, 0.15) is 0 Å². The number of hydrogen-bond donors (Lipinski definition) is 1. The van der Waals surface area contributed by atoms with Crippen LogP contribution in [-0.4, -0.2) is 35.8 Å². The maximum Gasteiger partial charge on any atom is 2.00 e. The van der Waals surface area contributed by atoms with Crippen LogP contribution in [0.15, 0.2) is 121 Å². The third-order valence-electron chi connectivity index (χ3n) is 8.72. The minimum Gasteiger partial charge on any atom is -0.357 e. The fourth-order valence-electron chi connectivity index (χ4n) is 6.38. The number of nitrogens with zero attached hydrogens (tertiary/aromatic N) is 8. The van der Waals surface area contributed by atoms with Gasteiger partial charge in [-0.15, -0.1) is 0 Å². The predicted molar refractivity (Wildman–Crippen MR) is 188 cm³/mol. The molecule has 0 spiro atoms. The molecule has 8 aromatic rings. The minimum absolute atomic E-state index is 0. The van der Waals surface area contributed by atoms with Gasteiger partial charge in [-0.05, 0) is 45.8 Å². The second-order valence-corrected chi connectivity index (χ2v) is 11.7. The monoisotopic (exact) mass is 694 g/mol. The summed E-state index contributed by atoms with van der Waals surface area (Å²) in [6, 6.07) is 38.3. The van der Waals surface area contributed by atoms with Gasteiger partial charge < -0.3 is 35.2 Å². The SMILES string of the molecule is O=C(Nc1ccccc1)c1ccc2c(c1)-c1nc-2nc2[n-]c(nc3nc(nc4[n-]c(n1)c1ccccc41)-c1ccccc1-3)c1ccccc21.[Cu+2]. The number of nitrogens with one attached hydrogen (secondary N) is 1. The maximum absolute atomic E-state index is 13.4. The van der Waals surface area contributed by atoms with E-state index in [4.69, 9.17) is 39.9 Å². The molecule has 0 unspecified atom stereocenters. The zero-order valence-electron chi connectivity index (χ0n) is 25.8. The van der Waals surface area contributed by atoms with Gasteiger partial charge in [-0.25, -0.2) is 9.97 Å². The molecule has 0 atom stereocenters. The van der Waals surface area contributed by atoms with Crippen molar-refractivity contribution in [1.29, 1.82) is 0 Å². The quantitative estimate of drug-likeness (QED) is 0.184. The predicted octanol–water partition coefficient (Wildman–Crippen LogP) is 7.38. The van der Waals surface area contributed by atoms with E-state index >= 15 is 0 Å². The van der Waals surface area contributed by atoms with Crippen LogP contribution in [0.1, 0.15) is 10.4 Å². The summed E-state index contributed by atoms with van der Waals surface area (Å²) in [6.45, 7) is 0. The Balaban J connectivity index is 0.00000336. The molecule has 11 heteroatoms. The van der Waals surface area contributed by atoms with Gasteiger partial charge in [0.15, 0.2) is 0 Å². The summed E-state index contributed by atoms with van der Waals surface area (Å²) in [5.41, 5.74) is 6.14. The molecule has 2 aliphatic heterocycles. The van der Waals surface area contributed by atoms with E-state index in [9.17, 15) is 4.79 Å². The summed E-state index contributed by atoms with van der Waals surface area (Å²) in [6.07, 6.45) is 0. The summed E-state index contributed by atoms with van der Waals surface area (Å²) >= 11 is 0. The van der Waals surface area contributed by atoms with Crippen LogP contribution in [0.5, 0.6) is 0 Å². The van der Waals surface area contributed by atoms with Crippen molar-refractivity contribution in [3.05, 3.63) is 127 Å². The molecule has 8 bridgehead atoms. The summed E-state index contributed by atoms with van der Waals surface area (Å²) in [5.74, 6) is 1.57. The molecule has 10 nitrogen and oxygen atoms in total. The number of rotatable bonds is 2. The number of benzene rings is 5. The zero-order chi connectivity index (χ0) is 32.5. The summed E-state index contributed by atoms with van der Waals surface area (Å²) in [7, 11) is 0. The van der Waals surface area contributed by atoms with Crippen molar-refractivity contribution in [2.24, 2.45) is 0 Å². The smallest absolute Gasteiger partial charge is 0.357 e. The number of carbonyl (C=O) groups excluding carboxylic acids is 1. The molecule has 50 heavy (non-hydrogen) atoms.